The van der Waals surface area contributed by atoms with Crippen molar-refractivity contribution in [2.45, 2.75) is 38.2 Å². The zero-order valence-electron chi connectivity index (χ0n) is 22.4. The molecule has 3 rings (SSSR count). The van der Waals surface area contributed by atoms with E-state index in [1.165, 1.54) is 25.3 Å². The Morgan fingerprint density at radius 2 is 2.10 bits per heavy atom. The van der Waals surface area contributed by atoms with Crippen LogP contribution in [-0.2, 0) is 30.4 Å². The van der Waals surface area contributed by atoms with Gasteiger partial charge in [0.2, 0.25) is 0 Å². The fourth-order valence-corrected chi connectivity index (χ4v) is 3.55. The summed E-state index contributed by atoms with van der Waals surface area (Å²) in [5.41, 5.74) is 1.57. The van der Waals surface area contributed by atoms with E-state index in [1.807, 2.05) is 7.05 Å². The molecule has 2 aliphatic heterocycles. The molecule has 1 fully saturated rings. The Hall–Kier alpha value is -3.52. The first-order chi connectivity index (χ1) is 18.8. The van der Waals surface area contributed by atoms with E-state index in [9.17, 15) is 9.18 Å². The van der Waals surface area contributed by atoms with Gasteiger partial charge in [-0.2, -0.15) is 0 Å². The summed E-state index contributed by atoms with van der Waals surface area (Å²) in [7, 11) is 3.26. The van der Waals surface area contributed by atoms with Crippen molar-refractivity contribution >= 4 is 29.5 Å². The van der Waals surface area contributed by atoms with Crippen molar-refractivity contribution < 1.29 is 38.1 Å². The maximum Gasteiger partial charge on any atom is 0.270 e. The largest absolute Gasteiger partial charge is 0.494 e. The van der Waals surface area contributed by atoms with E-state index in [4.69, 9.17) is 28.9 Å². The Balaban J connectivity index is 0.00000124. The van der Waals surface area contributed by atoms with E-state index < -0.39 is 11.7 Å². The lowest BCUT2D eigenvalue weighted by Crippen LogP contribution is -2.45. The molecule has 214 valence electrons. The van der Waals surface area contributed by atoms with Gasteiger partial charge in [-0.15, -0.1) is 0 Å². The van der Waals surface area contributed by atoms with Gasteiger partial charge in [0.05, 0.1) is 45.3 Å². The molecule has 12 nitrogen and oxygen atoms in total. The monoisotopic (exact) mass is 549 g/mol. The second-order valence-corrected chi connectivity index (χ2v) is 8.46. The van der Waals surface area contributed by atoms with E-state index in [2.05, 4.69) is 32.4 Å². The Bertz CT molecular complexity index is 1060. The third-order valence-corrected chi connectivity index (χ3v) is 5.53. The molecule has 1 aromatic rings. The minimum absolute atomic E-state index is 0.0397. The summed E-state index contributed by atoms with van der Waals surface area (Å²) in [4.78, 5) is 35.6. The highest BCUT2D eigenvalue weighted by molar-refractivity contribution is 6.44. The molecular formula is C26H36FN5O7. The first-order valence-corrected chi connectivity index (χ1v) is 12.3. The number of carbonyl (C=O) groups is 2. The number of carbonyl (C=O) groups excluding carboxylic acids is 2. The van der Waals surface area contributed by atoms with Gasteiger partial charge in [0, 0.05) is 19.5 Å². The van der Waals surface area contributed by atoms with Crippen LogP contribution in [0.3, 0.4) is 0 Å². The van der Waals surface area contributed by atoms with E-state index in [0.717, 1.165) is 12.3 Å². The number of ether oxygens (including phenoxy) is 3. The normalized spacial score (nSPS) is 21.2. The summed E-state index contributed by atoms with van der Waals surface area (Å²) in [6.07, 6.45) is 2.02. The molecule has 2 aliphatic rings. The molecule has 0 bridgehead atoms. The number of oxime groups is 1. The third-order valence-electron chi connectivity index (χ3n) is 5.53. The highest BCUT2D eigenvalue weighted by atomic mass is 19.1. The van der Waals surface area contributed by atoms with Crippen LogP contribution >= 0.6 is 0 Å². The summed E-state index contributed by atoms with van der Waals surface area (Å²) < 4.78 is 30.2. The van der Waals surface area contributed by atoms with Crippen LogP contribution in [0.2, 0.25) is 0 Å². The van der Waals surface area contributed by atoms with Crippen molar-refractivity contribution in [1.82, 2.24) is 10.6 Å². The van der Waals surface area contributed by atoms with Crippen molar-refractivity contribution in [2.24, 2.45) is 15.1 Å². The van der Waals surface area contributed by atoms with Crippen molar-refractivity contribution in [3.05, 3.63) is 42.2 Å². The van der Waals surface area contributed by atoms with E-state index in [-0.39, 0.29) is 42.9 Å². The number of rotatable bonds is 11. The minimum Gasteiger partial charge on any atom is -0.494 e. The van der Waals surface area contributed by atoms with E-state index in [1.54, 1.807) is 13.0 Å². The van der Waals surface area contributed by atoms with Crippen molar-refractivity contribution in [3.8, 4) is 5.75 Å². The van der Waals surface area contributed by atoms with E-state index >= 15 is 0 Å². The first-order valence-electron chi connectivity index (χ1n) is 12.3. The predicted molar refractivity (Wildman–Crippen MR) is 144 cm³/mol. The van der Waals surface area contributed by atoms with Crippen LogP contribution in [-0.4, -0.2) is 99.9 Å². The second kappa shape index (κ2) is 17.1. The Kier molecular flexibility index (Phi) is 13.9. The quantitative estimate of drug-likeness (QED) is 0.208. The number of aldehydes is 1. The number of nitrogens with one attached hydrogen (secondary N) is 2. The lowest BCUT2D eigenvalue weighted by Gasteiger charge is -2.31. The molecule has 39 heavy (non-hydrogen) atoms. The number of benzene rings is 1. The maximum atomic E-state index is 13.5. The standard InChI is InChI=1S/C24H32FN5O5.C2H4O2/c1-5-20(24(31)28-10-16-6-7-19(25)21(8-16)32-4)29-15(2)27-11-17-9-22(35-30-17)23-14-33-18(12-26-3)13-34-23;3-1-2-4/h5-8,18,22-23,26H,1,9-14H2,2-4H3,(H,28,31);1,4H,2H2. The third kappa shape index (κ3) is 10.6. The number of hydrogen-bond acceptors (Lipinski definition) is 10. The molecule has 13 heteroatoms. The maximum absolute atomic E-state index is 13.5. The van der Waals surface area contributed by atoms with Crippen LogP contribution in [0.1, 0.15) is 18.9 Å². The topological polar surface area (TPSA) is 152 Å². The van der Waals surface area contributed by atoms with Crippen LogP contribution in [0.4, 0.5) is 4.39 Å². The van der Waals surface area contributed by atoms with Gasteiger partial charge < -0.3 is 39.6 Å². The molecular weight excluding hydrogens is 513 g/mol. The van der Waals surface area contributed by atoms with Crippen molar-refractivity contribution in [2.75, 3.05) is 47.1 Å². The van der Waals surface area contributed by atoms with Crippen molar-refractivity contribution in [3.63, 3.8) is 0 Å². The molecule has 3 N–H and O–H groups in total. The summed E-state index contributed by atoms with van der Waals surface area (Å²) in [5.74, 6) is -0.384. The molecule has 3 atom stereocenters. The summed E-state index contributed by atoms with van der Waals surface area (Å²) in [6.45, 7) is 7.15. The number of aliphatic imine (C=N–C) groups is 2. The second-order valence-electron chi connectivity index (χ2n) is 8.46. The highest BCUT2D eigenvalue weighted by Gasteiger charge is 2.34. The minimum atomic E-state index is -0.468. The van der Waals surface area contributed by atoms with Crippen LogP contribution in [0.15, 0.2) is 46.0 Å². The molecule has 0 saturated carbocycles. The lowest BCUT2D eigenvalue weighted by atomic mass is 10.1. The molecule has 1 saturated heterocycles. The van der Waals surface area contributed by atoms with Crippen molar-refractivity contribution in [1.29, 1.82) is 0 Å². The molecule has 2 heterocycles. The number of amides is 1. The highest BCUT2D eigenvalue weighted by Crippen LogP contribution is 2.21. The molecule has 1 amide bonds. The van der Waals surface area contributed by atoms with Gasteiger partial charge in [0.15, 0.2) is 17.7 Å². The zero-order chi connectivity index (χ0) is 28.6. The van der Waals surface area contributed by atoms with Gasteiger partial charge in [-0.05, 0) is 37.7 Å². The van der Waals surface area contributed by atoms with Gasteiger partial charge in [0.1, 0.15) is 23.9 Å². The van der Waals surface area contributed by atoms with Crippen LogP contribution in [0.25, 0.3) is 0 Å². The zero-order valence-corrected chi connectivity index (χ0v) is 22.4. The smallest absolute Gasteiger partial charge is 0.270 e. The molecule has 0 aliphatic carbocycles. The number of nitrogens with zero attached hydrogens (tertiary/aromatic N) is 3. The Labute approximate surface area is 227 Å². The molecule has 1 aromatic carbocycles. The molecule has 0 aromatic heterocycles. The van der Waals surface area contributed by atoms with Gasteiger partial charge in [-0.25, -0.2) is 9.38 Å². The number of aliphatic hydroxyl groups excluding tert-OH is 1. The summed E-state index contributed by atoms with van der Waals surface area (Å²) in [5, 5.41) is 17.4. The number of hydrogen-bond donors (Lipinski definition) is 3. The first kappa shape index (κ1) is 31.7. The average Bonchev–Trinajstić information content (AvgIpc) is 3.44. The number of likely N-dealkylation sites (N-methyl/N-ethyl adjacent to an activating group) is 1. The Morgan fingerprint density at radius 3 is 2.72 bits per heavy atom. The summed E-state index contributed by atoms with van der Waals surface area (Å²) in [6, 6.07) is 4.38. The van der Waals surface area contributed by atoms with Gasteiger partial charge in [-0.3, -0.25) is 9.79 Å². The number of aliphatic hydroxyl groups is 1. The predicted octanol–water partition coefficient (Wildman–Crippen LogP) is 0.822. The van der Waals surface area contributed by atoms with Gasteiger partial charge >= 0.3 is 0 Å². The van der Waals surface area contributed by atoms with E-state index in [0.29, 0.717) is 43.9 Å². The lowest BCUT2D eigenvalue weighted by molar-refractivity contribution is -0.169. The molecule has 3 unspecified atom stereocenters. The fourth-order valence-electron chi connectivity index (χ4n) is 3.55. The number of halogens is 1. The van der Waals surface area contributed by atoms with Gasteiger partial charge in [0.25, 0.3) is 5.91 Å². The number of methoxy groups -OCH3 is 1. The summed E-state index contributed by atoms with van der Waals surface area (Å²) >= 11 is 0. The average molecular weight is 550 g/mol. The molecule has 0 radical (unpaired) electrons. The number of amidine groups is 1. The Morgan fingerprint density at radius 1 is 1.33 bits per heavy atom. The molecule has 0 spiro atoms. The van der Waals surface area contributed by atoms with Crippen LogP contribution < -0.4 is 15.4 Å². The van der Waals surface area contributed by atoms with Gasteiger partial charge in [-0.1, -0.05) is 17.8 Å². The fraction of sp³-hybridized carbons (Fsp3) is 0.500. The van der Waals surface area contributed by atoms with Crippen LogP contribution in [0, 0.1) is 5.82 Å². The van der Waals surface area contributed by atoms with Crippen LogP contribution in [0.5, 0.6) is 5.75 Å². The SMILES string of the molecule is C=CC(=NC(C)=NCC1=NOC(C2COC(CNC)CO2)C1)C(=O)NCc1ccc(F)c(OC)c1.O=CCO.